The number of nitrogens with one attached hydrogen (secondary N) is 3. The molecule has 0 unspecified atom stereocenters. The van der Waals surface area contributed by atoms with E-state index in [1.807, 2.05) is 46.9 Å². The van der Waals surface area contributed by atoms with Crippen molar-refractivity contribution in [2.24, 2.45) is 13.0 Å². The molecule has 2 amide bonds. The van der Waals surface area contributed by atoms with Crippen LogP contribution in [-0.4, -0.2) is 32.4 Å². The van der Waals surface area contributed by atoms with E-state index in [4.69, 9.17) is 4.74 Å². The van der Waals surface area contributed by atoms with Gasteiger partial charge in [-0.25, -0.2) is 10.2 Å². The van der Waals surface area contributed by atoms with Crippen molar-refractivity contribution >= 4 is 17.7 Å². The van der Waals surface area contributed by atoms with Gasteiger partial charge >= 0.3 is 6.09 Å². The average molecular weight is 415 g/mol. The number of aryl methyl sites for hydroxylation is 1. The molecule has 0 saturated heterocycles. The number of carbonyl (C=O) groups excluding carboxylic acids is 2. The molecule has 2 aromatic heterocycles. The number of pyridine rings is 1. The zero-order chi connectivity index (χ0) is 21.9. The lowest BCUT2D eigenvalue weighted by molar-refractivity contribution is -0.119. The maximum absolute atomic E-state index is 12.6. The Bertz CT molecular complexity index is 918. The average Bonchev–Trinajstić information content (AvgIpc) is 3.02. The highest BCUT2D eigenvalue weighted by Crippen LogP contribution is 2.31. The van der Waals surface area contributed by atoms with Crippen LogP contribution in [0.2, 0.25) is 0 Å². The smallest absolute Gasteiger partial charge is 0.422 e. The summed E-state index contributed by atoms with van der Waals surface area (Å²) >= 11 is 0. The molecule has 3 rings (SSSR count). The molecule has 162 valence electrons. The summed E-state index contributed by atoms with van der Waals surface area (Å²) in [4.78, 5) is 29.2. The van der Waals surface area contributed by atoms with Crippen molar-refractivity contribution in [3.8, 4) is 11.3 Å². The summed E-state index contributed by atoms with van der Waals surface area (Å²) in [5.74, 6) is -0.182. The standard InChI is InChI=1S/C21H30N6O3/c1-13-7-6-8-15(25-26-20(29)30-21(2,3)4)16-11-14(9-10-22-16)18-17(24-19(13)28)12-23-27(18)5/h9-13,15,25H,6-8H2,1-5H3,(H,24,28)(H,26,29)/t13-,15+/m1/s1. The molecule has 2 atom stereocenters. The minimum absolute atomic E-state index is 0.0320. The van der Waals surface area contributed by atoms with Crippen LogP contribution in [-0.2, 0) is 16.6 Å². The van der Waals surface area contributed by atoms with Gasteiger partial charge < -0.3 is 10.1 Å². The summed E-state index contributed by atoms with van der Waals surface area (Å²) < 4.78 is 7.04. The highest BCUT2D eigenvalue weighted by atomic mass is 16.6. The summed E-state index contributed by atoms with van der Waals surface area (Å²) in [7, 11) is 1.83. The van der Waals surface area contributed by atoms with Gasteiger partial charge in [0.1, 0.15) is 5.60 Å². The molecule has 0 spiro atoms. The van der Waals surface area contributed by atoms with Gasteiger partial charge in [-0.05, 0) is 45.7 Å². The summed E-state index contributed by atoms with van der Waals surface area (Å²) in [5.41, 5.74) is 8.24. The number of aromatic nitrogens is 3. The number of fused-ring (bicyclic) bond motifs is 4. The van der Waals surface area contributed by atoms with Crippen LogP contribution in [0.1, 0.15) is 58.7 Å². The van der Waals surface area contributed by atoms with E-state index in [-0.39, 0.29) is 17.9 Å². The molecule has 3 N–H and O–H groups in total. The van der Waals surface area contributed by atoms with E-state index in [9.17, 15) is 9.59 Å². The molecule has 9 heteroatoms. The lowest BCUT2D eigenvalue weighted by Crippen LogP contribution is -2.43. The zero-order valence-corrected chi connectivity index (χ0v) is 18.2. The van der Waals surface area contributed by atoms with Crippen molar-refractivity contribution in [3.63, 3.8) is 0 Å². The predicted octanol–water partition coefficient (Wildman–Crippen LogP) is 3.31. The van der Waals surface area contributed by atoms with E-state index in [1.54, 1.807) is 17.1 Å². The van der Waals surface area contributed by atoms with Gasteiger partial charge in [-0.2, -0.15) is 5.10 Å². The van der Waals surface area contributed by atoms with Crippen LogP contribution in [0.4, 0.5) is 10.5 Å². The lowest BCUT2D eigenvalue weighted by atomic mass is 9.97. The molecule has 2 bridgehead atoms. The van der Waals surface area contributed by atoms with Crippen LogP contribution >= 0.6 is 0 Å². The molecule has 2 aromatic rings. The molecule has 0 aliphatic carbocycles. The normalized spacial score (nSPS) is 19.7. The second-order valence-electron chi connectivity index (χ2n) is 8.64. The Morgan fingerprint density at radius 2 is 2.10 bits per heavy atom. The van der Waals surface area contributed by atoms with Crippen molar-refractivity contribution in [2.45, 2.75) is 58.6 Å². The Kier molecular flexibility index (Phi) is 6.40. The maximum Gasteiger partial charge on any atom is 0.422 e. The Morgan fingerprint density at radius 3 is 2.83 bits per heavy atom. The van der Waals surface area contributed by atoms with E-state index in [0.29, 0.717) is 18.5 Å². The number of ether oxygens (including phenoxy) is 1. The first-order chi connectivity index (χ1) is 14.1. The third-order valence-corrected chi connectivity index (χ3v) is 4.93. The van der Waals surface area contributed by atoms with Gasteiger partial charge in [-0.15, -0.1) is 0 Å². The van der Waals surface area contributed by atoms with E-state index >= 15 is 0 Å². The van der Waals surface area contributed by atoms with E-state index < -0.39 is 11.7 Å². The Hall–Kier alpha value is -2.94. The first-order valence-electron chi connectivity index (χ1n) is 10.2. The Labute approximate surface area is 176 Å². The molecule has 1 aliphatic heterocycles. The van der Waals surface area contributed by atoms with Crippen LogP contribution < -0.4 is 16.2 Å². The van der Waals surface area contributed by atoms with Crippen LogP contribution in [0.5, 0.6) is 0 Å². The van der Waals surface area contributed by atoms with Crippen molar-refractivity contribution in [1.82, 2.24) is 25.6 Å². The molecule has 0 saturated carbocycles. The van der Waals surface area contributed by atoms with Crippen LogP contribution in [0.25, 0.3) is 11.3 Å². The molecule has 0 radical (unpaired) electrons. The minimum Gasteiger partial charge on any atom is -0.443 e. The second kappa shape index (κ2) is 8.83. The monoisotopic (exact) mass is 414 g/mol. The molecule has 0 aromatic carbocycles. The Balaban J connectivity index is 1.90. The van der Waals surface area contributed by atoms with Crippen LogP contribution in [0.3, 0.4) is 0 Å². The molecule has 1 aliphatic rings. The molecule has 0 fully saturated rings. The van der Waals surface area contributed by atoms with Gasteiger partial charge in [0.25, 0.3) is 0 Å². The summed E-state index contributed by atoms with van der Waals surface area (Å²) in [6, 6.07) is 3.60. The number of hydrazine groups is 1. The van der Waals surface area contributed by atoms with Crippen molar-refractivity contribution in [1.29, 1.82) is 0 Å². The second-order valence-corrected chi connectivity index (χ2v) is 8.64. The van der Waals surface area contributed by atoms with Crippen molar-refractivity contribution < 1.29 is 14.3 Å². The third-order valence-electron chi connectivity index (χ3n) is 4.93. The molecular weight excluding hydrogens is 384 g/mol. The summed E-state index contributed by atoms with van der Waals surface area (Å²) in [5, 5.41) is 7.31. The number of hydrogen-bond donors (Lipinski definition) is 3. The van der Waals surface area contributed by atoms with E-state index in [0.717, 1.165) is 23.4 Å². The lowest BCUT2D eigenvalue weighted by Gasteiger charge is -2.24. The van der Waals surface area contributed by atoms with Crippen molar-refractivity contribution in [3.05, 3.63) is 30.2 Å². The number of hydrogen-bond acceptors (Lipinski definition) is 6. The van der Waals surface area contributed by atoms with Gasteiger partial charge in [0.2, 0.25) is 5.91 Å². The van der Waals surface area contributed by atoms with E-state index in [1.165, 1.54) is 0 Å². The quantitative estimate of drug-likeness (QED) is 0.651. The number of carbonyl (C=O) groups is 2. The fraction of sp³-hybridized carbons (Fsp3) is 0.524. The van der Waals surface area contributed by atoms with Gasteiger partial charge in [0.15, 0.2) is 0 Å². The predicted molar refractivity (Wildman–Crippen MR) is 113 cm³/mol. The zero-order valence-electron chi connectivity index (χ0n) is 18.2. The minimum atomic E-state index is -0.588. The molecule has 3 heterocycles. The summed E-state index contributed by atoms with van der Waals surface area (Å²) in [6.45, 7) is 7.35. The fourth-order valence-corrected chi connectivity index (χ4v) is 3.42. The third kappa shape index (κ3) is 5.35. The van der Waals surface area contributed by atoms with E-state index in [2.05, 4.69) is 26.3 Å². The first kappa shape index (κ1) is 21.8. The highest BCUT2D eigenvalue weighted by Gasteiger charge is 2.23. The fourth-order valence-electron chi connectivity index (χ4n) is 3.42. The van der Waals surface area contributed by atoms with Gasteiger partial charge in [0, 0.05) is 24.7 Å². The first-order valence-corrected chi connectivity index (χ1v) is 10.2. The van der Waals surface area contributed by atoms with Crippen molar-refractivity contribution in [2.75, 3.05) is 5.32 Å². The number of anilines is 1. The molecular formula is C21H30N6O3. The van der Waals surface area contributed by atoms with Gasteiger partial charge in [-0.3, -0.25) is 19.9 Å². The SMILES string of the molecule is C[C@@H]1CCC[C@H](NNC(=O)OC(C)(C)C)c2cc(ccn2)-c2c(cnn2C)NC1=O. The Morgan fingerprint density at radius 1 is 1.33 bits per heavy atom. The molecule has 9 nitrogen and oxygen atoms in total. The topological polar surface area (TPSA) is 110 Å². The maximum atomic E-state index is 12.6. The summed E-state index contributed by atoms with van der Waals surface area (Å²) in [6.07, 6.45) is 5.03. The molecule has 30 heavy (non-hydrogen) atoms. The highest BCUT2D eigenvalue weighted by molar-refractivity contribution is 5.95. The van der Waals surface area contributed by atoms with Gasteiger partial charge in [-0.1, -0.05) is 13.3 Å². The van der Waals surface area contributed by atoms with Crippen LogP contribution in [0, 0.1) is 5.92 Å². The van der Waals surface area contributed by atoms with Crippen LogP contribution in [0.15, 0.2) is 24.5 Å². The number of rotatable bonds is 2. The largest absolute Gasteiger partial charge is 0.443 e. The number of nitrogens with zero attached hydrogens (tertiary/aromatic N) is 3. The number of amides is 2. The van der Waals surface area contributed by atoms with Gasteiger partial charge in [0.05, 0.1) is 29.3 Å².